The van der Waals surface area contributed by atoms with Crippen LogP contribution in [0.4, 0.5) is 0 Å². The van der Waals surface area contributed by atoms with Crippen LogP contribution in [0.2, 0.25) is 0 Å². The number of hydrogen-bond acceptors (Lipinski definition) is 4. The molecule has 2 fully saturated rings. The van der Waals surface area contributed by atoms with Gasteiger partial charge in [0.2, 0.25) is 0 Å². The Morgan fingerprint density at radius 3 is 2.56 bits per heavy atom. The first-order chi connectivity index (χ1) is 15.2. The van der Waals surface area contributed by atoms with E-state index in [9.17, 15) is 4.79 Å². The number of fused-ring (bicyclic) bond motifs is 4. The minimum Gasteiger partial charge on any atom is -0.431 e. The quantitative estimate of drug-likeness (QED) is 0.301. The van der Waals surface area contributed by atoms with E-state index in [2.05, 4.69) is 34.6 Å². The third kappa shape index (κ3) is 4.19. The summed E-state index contributed by atoms with van der Waals surface area (Å²) in [5.74, 6) is 3.73. The van der Waals surface area contributed by atoms with E-state index in [1.54, 1.807) is 7.11 Å². The summed E-state index contributed by atoms with van der Waals surface area (Å²) < 4.78 is 17.2. The van der Waals surface area contributed by atoms with Crippen LogP contribution in [0.25, 0.3) is 0 Å². The Kier molecular flexibility index (Phi) is 7.13. The van der Waals surface area contributed by atoms with Crippen LogP contribution in [0.3, 0.4) is 0 Å². The van der Waals surface area contributed by atoms with Crippen LogP contribution in [0.5, 0.6) is 0 Å². The van der Waals surface area contributed by atoms with Gasteiger partial charge in [-0.25, -0.2) is 0 Å². The molecule has 182 valence electrons. The molecular weight excluding hydrogens is 400 g/mol. The molecule has 4 rings (SSSR count). The van der Waals surface area contributed by atoms with Crippen LogP contribution in [-0.4, -0.2) is 26.0 Å². The van der Waals surface area contributed by atoms with Crippen LogP contribution < -0.4 is 0 Å². The molecule has 0 amide bonds. The fraction of sp³-hybridized carbons (Fsp3) is 0.893. The first kappa shape index (κ1) is 24.3. The predicted molar refractivity (Wildman–Crippen MR) is 127 cm³/mol. The van der Waals surface area contributed by atoms with E-state index in [0.717, 1.165) is 49.2 Å². The highest BCUT2D eigenvalue weighted by molar-refractivity contribution is 5.77. The number of ether oxygens (including phenoxy) is 3. The van der Waals surface area contributed by atoms with Crippen LogP contribution in [-0.2, 0) is 19.0 Å². The summed E-state index contributed by atoms with van der Waals surface area (Å²) in [6.07, 6.45) is 11.7. The molecule has 0 radical (unpaired) electrons. The Hall–Kier alpha value is -0.870. The standard InChI is InChI=1S/C28H46O4/c1-18(2)8-7-9-19(3)21-10-11-22-25-23(13-15-27(21,22)4)28(5)14-12-20(31-17-30-6)16-24(28)26(29)32-25/h18-22,24H,7-17H2,1-6H3/t19-,20?,21-,22+,24?,27-,28-/m1/s1. The molecule has 4 nitrogen and oxygen atoms in total. The van der Waals surface area contributed by atoms with Gasteiger partial charge in [-0.2, -0.15) is 0 Å². The Morgan fingerprint density at radius 1 is 1.06 bits per heavy atom. The molecule has 1 aliphatic heterocycles. The van der Waals surface area contributed by atoms with Gasteiger partial charge in [0.1, 0.15) is 12.6 Å². The molecule has 4 aliphatic rings. The molecular formula is C28H46O4. The van der Waals surface area contributed by atoms with Gasteiger partial charge >= 0.3 is 5.97 Å². The summed E-state index contributed by atoms with van der Waals surface area (Å²) in [4.78, 5) is 13.3. The molecule has 0 aromatic carbocycles. The summed E-state index contributed by atoms with van der Waals surface area (Å²) in [5, 5.41) is 0. The highest BCUT2D eigenvalue weighted by Gasteiger charge is 2.59. The number of hydrogen-bond donors (Lipinski definition) is 0. The van der Waals surface area contributed by atoms with Gasteiger partial charge in [-0.1, -0.05) is 53.9 Å². The van der Waals surface area contributed by atoms with Crippen LogP contribution >= 0.6 is 0 Å². The lowest BCUT2D eigenvalue weighted by molar-refractivity contribution is -0.164. The number of carbonyl (C=O) groups is 1. The van der Waals surface area contributed by atoms with Crippen molar-refractivity contribution in [3.63, 3.8) is 0 Å². The van der Waals surface area contributed by atoms with E-state index in [-0.39, 0.29) is 28.8 Å². The Balaban J connectivity index is 1.52. The molecule has 0 bridgehead atoms. The summed E-state index contributed by atoms with van der Waals surface area (Å²) in [7, 11) is 1.65. The van der Waals surface area contributed by atoms with Crippen molar-refractivity contribution in [2.24, 2.45) is 40.4 Å². The zero-order chi connectivity index (χ0) is 23.1. The Bertz CT molecular complexity index is 727. The van der Waals surface area contributed by atoms with E-state index in [4.69, 9.17) is 14.2 Å². The van der Waals surface area contributed by atoms with Gasteiger partial charge < -0.3 is 14.2 Å². The average Bonchev–Trinajstić information content (AvgIpc) is 3.10. The number of rotatable bonds is 8. The fourth-order valence-electron chi connectivity index (χ4n) is 7.95. The molecule has 2 saturated carbocycles. The molecule has 0 saturated heterocycles. The number of allylic oxidation sites excluding steroid dienone is 2. The zero-order valence-electron chi connectivity index (χ0n) is 21.4. The molecule has 0 N–H and O–H groups in total. The van der Waals surface area contributed by atoms with E-state index in [1.807, 2.05) is 0 Å². The van der Waals surface area contributed by atoms with Crippen molar-refractivity contribution < 1.29 is 19.0 Å². The molecule has 4 heteroatoms. The molecule has 0 aromatic heterocycles. The van der Waals surface area contributed by atoms with Crippen LogP contribution in [0.15, 0.2) is 11.3 Å². The highest BCUT2D eigenvalue weighted by Crippen LogP contribution is 2.65. The van der Waals surface area contributed by atoms with Gasteiger partial charge in [0.25, 0.3) is 0 Å². The van der Waals surface area contributed by atoms with E-state index in [1.165, 1.54) is 44.1 Å². The normalized spacial score (nSPS) is 40.0. The maximum atomic E-state index is 13.3. The lowest BCUT2D eigenvalue weighted by atomic mass is 9.54. The summed E-state index contributed by atoms with van der Waals surface area (Å²) in [6, 6.07) is 0. The molecule has 0 spiro atoms. The molecule has 32 heavy (non-hydrogen) atoms. The molecule has 0 aromatic rings. The van der Waals surface area contributed by atoms with Gasteiger partial charge in [-0.3, -0.25) is 4.79 Å². The smallest absolute Gasteiger partial charge is 0.315 e. The highest BCUT2D eigenvalue weighted by atomic mass is 16.7. The van der Waals surface area contributed by atoms with Crippen LogP contribution in [0.1, 0.15) is 98.8 Å². The average molecular weight is 447 g/mol. The first-order valence-corrected chi connectivity index (χ1v) is 13.3. The topological polar surface area (TPSA) is 44.8 Å². The first-order valence-electron chi connectivity index (χ1n) is 13.3. The van der Waals surface area contributed by atoms with Crippen molar-refractivity contribution in [2.45, 2.75) is 105 Å². The van der Waals surface area contributed by atoms with Crippen molar-refractivity contribution in [1.29, 1.82) is 0 Å². The number of carbonyl (C=O) groups excluding carboxylic acids is 1. The minimum atomic E-state index is -0.0756. The van der Waals surface area contributed by atoms with Gasteiger partial charge in [0, 0.05) is 18.4 Å². The lowest BCUT2D eigenvalue weighted by Gasteiger charge is -2.53. The lowest BCUT2D eigenvalue weighted by Crippen LogP contribution is -2.50. The van der Waals surface area contributed by atoms with Gasteiger partial charge in [-0.05, 0) is 73.7 Å². The number of esters is 1. The monoisotopic (exact) mass is 446 g/mol. The predicted octanol–water partition coefficient (Wildman–Crippen LogP) is 6.88. The molecule has 7 atom stereocenters. The summed E-state index contributed by atoms with van der Waals surface area (Å²) in [5.41, 5.74) is 1.70. The second-order valence-corrected chi connectivity index (χ2v) is 12.2. The van der Waals surface area contributed by atoms with E-state index in [0.29, 0.717) is 12.7 Å². The fourth-order valence-corrected chi connectivity index (χ4v) is 7.95. The van der Waals surface area contributed by atoms with Crippen molar-refractivity contribution in [2.75, 3.05) is 13.9 Å². The van der Waals surface area contributed by atoms with E-state index >= 15 is 0 Å². The third-order valence-electron chi connectivity index (χ3n) is 9.92. The minimum absolute atomic E-state index is 0.00495. The maximum absolute atomic E-state index is 13.3. The third-order valence-corrected chi connectivity index (χ3v) is 9.92. The van der Waals surface area contributed by atoms with Crippen LogP contribution in [0, 0.1) is 40.4 Å². The number of methoxy groups -OCH3 is 1. The van der Waals surface area contributed by atoms with Crippen molar-refractivity contribution in [1.82, 2.24) is 0 Å². The second kappa shape index (κ2) is 9.41. The van der Waals surface area contributed by atoms with Crippen molar-refractivity contribution >= 4 is 5.97 Å². The largest absolute Gasteiger partial charge is 0.431 e. The van der Waals surface area contributed by atoms with Gasteiger partial charge in [-0.15, -0.1) is 0 Å². The zero-order valence-corrected chi connectivity index (χ0v) is 21.4. The van der Waals surface area contributed by atoms with Crippen molar-refractivity contribution in [3.8, 4) is 0 Å². The van der Waals surface area contributed by atoms with Gasteiger partial charge in [0.15, 0.2) is 0 Å². The Labute approximate surface area is 195 Å². The SMILES string of the molecule is COCOC1CC[C@]2(C)C3=C(OC(=O)C2C1)[C@@H]1CC[C@H]([C@H](C)CCCC(C)C)[C@@]1(C)CC3. The summed E-state index contributed by atoms with van der Waals surface area (Å²) >= 11 is 0. The van der Waals surface area contributed by atoms with E-state index < -0.39 is 0 Å². The maximum Gasteiger partial charge on any atom is 0.315 e. The van der Waals surface area contributed by atoms with Gasteiger partial charge in [0.05, 0.1) is 12.0 Å². The Morgan fingerprint density at radius 2 is 1.84 bits per heavy atom. The van der Waals surface area contributed by atoms with Crippen molar-refractivity contribution in [3.05, 3.63) is 11.3 Å². The molecule has 1 heterocycles. The second-order valence-electron chi connectivity index (χ2n) is 12.2. The molecule has 2 unspecified atom stereocenters. The summed E-state index contributed by atoms with van der Waals surface area (Å²) in [6.45, 7) is 12.3. The molecule has 3 aliphatic carbocycles.